The summed E-state index contributed by atoms with van der Waals surface area (Å²) in [6.07, 6.45) is 1.03. The quantitative estimate of drug-likeness (QED) is 0.242. The van der Waals surface area contributed by atoms with Gasteiger partial charge in [0.05, 0.1) is 40.3 Å². The summed E-state index contributed by atoms with van der Waals surface area (Å²) in [6.45, 7) is 13.8. The maximum absolute atomic E-state index is 10.2. The summed E-state index contributed by atoms with van der Waals surface area (Å²) < 4.78 is 11.4. The Balaban J connectivity index is 1.39. The second-order valence-corrected chi connectivity index (χ2v) is 12.0. The van der Waals surface area contributed by atoms with Crippen LogP contribution in [0.3, 0.4) is 0 Å². The smallest absolute Gasteiger partial charge is 0.163 e. The van der Waals surface area contributed by atoms with E-state index in [0.29, 0.717) is 53.3 Å². The Morgan fingerprint density at radius 2 is 1.88 bits per heavy atom. The Kier molecular flexibility index (Phi) is 7.81. The first kappa shape index (κ1) is 28.4. The summed E-state index contributed by atoms with van der Waals surface area (Å²) in [7, 11) is 0. The lowest BCUT2D eigenvalue weighted by Gasteiger charge is -2.38. The maximum Gasteiger partial charge on any atom is 0.163 e. The summed E-state index contributed by atoms with van der Waals surface area (Å²) in [5, 5.41) is 14.9. The van der Waals surface area contributed by atoms with Gasteiger partial charge in [-0.3, -0.25) is 0 Å². The van der Waals surface area contributed by atoms with E-state index in [1.165, 1.54) is 5.56 Å². The molecule has 1 saturated heterocycles. The molecule has 0 saturated carbocycles. The number of fused-ring (bicyclic) bond motifs is 1. The normalized spacial score (nSPS) is 15.6. The summed E-state index contributed by atoms with van der Waals surface area (Å²) in [5.74, 6) is 4.33. The highest BCUT2D eigenvalue weighted by molar-refractivity contribution is 6.33. The number of rotatable bonds is 9. The molecule has 2 aliphatic heterocycles. The van der Waals surface area contributed by atoms with Gasteiger partial charge in [-0.15, -0.1) is 0 Å². The van der Waals surface area contributed by atoms with Crippen molar-refractivity contribution < 1.29 is 14.4 Å². The number of halogens is 1. The van der Waals surface area contributed by atoms with Crippen LogP contribution in [-0.2, 0) is 13.1 Å². The predicted octanol–water partition coefficient (Wildman–Crippen LogP) is 6.29. The molecule has 10 heteroatoms. The van der Waals surface area contributed by atoms with Gasteiger partial charge >= 0.3 is 0 Å². The number of nitrogens with zero attached hydrogens (tertiary/aromatic N) is 6. The van der Waals surface area contributed by atoms with E-state index in [2.05, 4.69) is 34.0 Å². The molecule has 5 heterocycles. The van der Waals surface area contributed by atoms with Crippen molar-refractivity contribution in [2.45, 2.75) is 66.7 Å². The minimum atomic E-state index is -0.530. The fourth-order valence-electron chi connectivity index (χ4n) is 5.83. The average Bonchev–Trinajstić information content (AvgIpc) is 3.53. The summed E-state index contributed by atoms with van der Waals surface area (Å²) >= 11 is 6.74. The summed E-state index contributed by atoms with van der Waals surface area (Å²) in [4.78, 5) is 19.7. The predicted molar refractivity (Wildman–Crippen MR) is 164 cm³/mol. The van der Waals surface area contributed by atoms with Crippen LogP contribution in [0, 0.1) is 26.7 Å². The molecule has 9 nitrogen and oxygen atoms in total. The molecule has 0 bridgehead atoms. The molecule has 4 aromatic rings. The van der Waals surface area contributed by atoms with Gasteiger partial charge in [-0.2, -0.15) is 0 Å². The lowest BCUT2D eigenvalue weighted by atomic mass is 10.0. The third kappa shape index (κ3) is 5.43. The van der Waals surface area contributed by atoms with Crippen molar-refractivity contribution in [2.75, 3.05) is 29.5 Å². The zero-order valence-corrected chi connectivity index (χ0v) is 25.6. The number of aryl methyl sites for hydroxylation is 2. The van der Waals surface area contributed by atoms with Gasteiger partial charge in [-0.05, 0) is 62.9 Å². The lowest BCUT2D eigenvalue weighted by Crippen LogP contribution is -2.45. The number of benzene rings is 1. The van der Waals surface area contributed by atoms with Gasteiger partial charge in [-0.1, -0.05) is 43.1 Å². The molecule has 0 radical (unpaired) electrons. The van der Waals surface area contributed by atoms with Crippen LogP contribution in [0.2, 0.25) is 5.02 Å². The molecule has 0 unspecified atom stereocenters. The van der Waals surface area contributed by atoms with Crippen LogP contribution < -0.4 is 14.5 Å². The number of aromatic nitrogens is 4. The number of pyridine rings is 1. The molecule has 1 atom stereocenters. The fraction of sp³-hybridized carbons (Fsp3) is 0.438. The largest absolute Gasteiger partial charge is 0.491 e. The van der Waals surface area contributed by atoms with E-state index < -0.39 is 6.10 Å². The monoisotopic (exact) mass is 588 g/mol. The minimum absolute atomic E-state index is 0.205. The van der Waals surface area contributed by atoms with E-state index in [-0.39, 0.29) is 6.61 Å². The Labute approximate surface area is 251 Å². The van der Waals surface area contributed by atoms with Crippen LogP contribution in [0.5, 0.6) is 5.75 Å². The number of hydrogen-bond donors (Lipinski definition) is 1. The van der Waals surface area contributed by atoms with Gasteiger partial charge in [0, 0.05) is 30.8 Å². The average molecular weight is 589 g/mol. The Hall–Kier alpha value is -3.69. The van der Waals surface area contributed by atoms with Crippen molar-refractivity contribution in [2.24, 2.45) is 5.92 Å². The van der Waals surface area contributed by atoms with Gasteiger partial charge in [0.2, 0.25) is 0 Å². The molecule has 0 aliphatic carbocycles. The van der Waals surface area contributed by atoms with Crippen molar-refractivity contribution in [3.8, 4) is 28.4 Å². The highest BCUT2D eigenvalue weighted by Crippen LogP contribution is 2.39. The zero-order valence-electron chi connectivity index (χ0n) is 24.8. The van der Waals surface area contributed by atoms with Gasteiger partial charge < -0.3 is 24.2 Å². The number of hydrogen-bond acceptors (Lipinski definition) is 9. The molecule has 6 rings (SSSR count). The van der Waals surface area contributed by atoms with Gasteiger partial charge in [0.15, 0.2) is 5.82 Å². The SMILES string of the molecule is CCC[C@@H](O)COc1ccc(Cl)c(-c2nc(-c3c(C)noc3C)c(C)c(N3Cc4ccc(N5CC(C)C5)nc4C3)n2)c1. The standard InChI is InChI=1S/C32H37ClN6O3/c1-6-7-23(40)17-41-24-9-10-26(33)25(12-24)31-35-30(29-20(4)37-42-21(29)5)19(3)32(36-31)39-15-22-8-11-28(34-27(22)16-39)38-13-18(2)14-38/h8-12,18,23,40H,6-7,13-17H2,1-5H3/t23-/m1/s1. The Morgan fingerprint density at radius 1 is 1.07 bits per heavy atom. The van der Waals surface area contributed by atoms with Crippen LogP contribution in [-0.4, -0.2) is 51.0 Å². The first-order chi connectivity index (χ1) is 20.2. The molecule has 2 aliphatic rings. The number of ether oxygens (including phenoxy) is 1. The minimum Gasteiger partial charge on any atom is -0.491 e. The number of aliphatic hydroxyl groups is 1. The summed E-state index contributed by atoms with van der Waals surface area (Å²) in [5.41, 5.74) is 6.23. The fourth-order valence-corrected chi connectivity index (χ4v) is 6.03. The van der Waals surface area contributed by atoms with Crippen molar-refractivity contribution in [1.82, 2.24) is 20.1 Å². The van der Waals surface area contributed by atoms with Crippen LogP contribution in [0.4, 0.5) is 11.6 Å². The Bertz CT molecular complexity index is 1600. The molecule has 1 N–H and O–H groups in total. The van der Waals surface area contributed by atoms with Gasteiger partial charge in [-0.25, -0.2) is 15.0 Å². The van der Waals surface area contributed by atoms with E-state index in [1.54, 1.807) is 12.1 Å². The highest BCUT2D eigenvalue weighted by atomic mass is 35.5. The van der Waals surface area contributed by atoms with Crippen LogP contribution in [0.25, 0.3) is 22.6 Å². The van der Waals surface area contributed by atoms with E-state index >= 15 is 0 Å². The van der Waals surface area contributed by atoms with Crippen molar-refractivity contribution >= 4 is 23.2 Å². The maximum atomic E-state index is 10.2. The van der Waals surface area contributed by atoms with E-state index in [9.17, 15) is 5.11 Å². The Morgan fingerprint density at radius 3 is 2.60 bits per heavy atom. The highest BCUT2D eigenvalue weighted by Gasteiger charge is 2.30. The third-order valence-corrected chi connectivity index (χ3v) is 8.41. The van der Waals surface area contributed by atoms with Crippen molar-refractivity contribution in [3.63, 3.8) is 0 Å². The van der Waals surface area contributed by atoms with Gasteiger partial charge in [0.25, 0.3) is 0 Å². The third-order valence-electron chi connectivity index (χ3n) is 8.08. The first-order valence-electron chi connectivity index (χ1n) is 14.6. The molecule has 0 amide bonds. The van der Waals surface area contributed by atoms with E-state index in [1.807, 2.05) is 33.8 Å². The second-order valence-electron chi connectivity index (χ2n) is 11.6. The molecular formula is C32H37ClN6O3. The molecule has 1 aromatic carbocycles. The first-order valence-corrected chi connectivity index (χ1v) is 15.0. The van der Waals surface area contributed by atoms with Crippen molar-refractivity contribution in [1.29, 1.82) is 0 Å². The molecule has 1 fully saturated rings. The van der Waals surface area contributed by atoms with Crippen LogP contribution in [0.1, 0.15) is 55.0 Å². The zero-order chi connectivity index (χ0) is 29.5. The lowest BCUT2D eigenvalue weighted by molar-refractivity contribution is 0.0994. The number of aliphatic hydroxyl groups excluding tert-OH is 1. The molecular weight excluding hydrogens is 552 g/mol. The van der Waals surface area contributed by atoms with Gasteiger partial charge in [0.1, 0.15) is 29.8 Å². The topological polar surface area (TPSA) is 101 Å². The second kappa shape index (κ2) is 11.5. The molecule has 220 valence electrons. The van der Waals surface area contributed by atoms with E-state index in [0.717, 1.165) is 59.4 Å². The molecule has 0 spiro atoms. The van der Waals surface area contributed by atoms with E-state index in [4.69, 9.17) is 35.8 Å². The van der Waals surface area contributed by atoms with Crippen LogP contribution >= 0.6 is 11.6 Å². The van der Waals surface area contributed by atoms with Crippen LogP contribution in [0.15, 0.2) is 34.9 Å². The molecule has 3 aromatic heterocycles. The number of anilines is 2. The van der Waals surface area contributed by atoms with Crippen molar-refractivity contribution in [3.05, 3.63) is 63.6 Å². The molecule has 42 heavy (non-hydrogen) atoms. The summed E-state index contributed by atoms with van der Waals surface area (Å²) in [6, 6.07) is 9.74.